The van der Waals surface area contributed by atoms with Crippen LogP contribution in [-0.4, -0.2) is 35.1 Å². The Bertz CT molecular complexity index is 173. The molecule has 1 fully saturated rings. The SMILES string of the molecule is C=CC[C@@H](O)C(=O)N1CCCC1. The van der Waals surface area contributed by atoms with Crippen LogP contribution < -0.4 is 0 Å². The zero-order chi connectivity index (χ0) is 8.97. The fraction of sp³-hybridized carbons (Fsp3) is 0.667. The molecule has 0 spiro atoms. The van der Waals surface area contributed by atoms with Crippen molar-refractivity contribution >= 4 is 5.91 Å². The highest BCUT2D eigenvalue weighted by molar-refractivity contribution is 5.81. The van der Waals surface area contributed by atoms with Gasteiger partial charge in [0.25, 0.3) is 5.91 Å². The number of aliphatic hydroxyl groups excluding tert-OH is 1. The van der Waals surface area contributed by atoms with E-state index in [0.29, 0.717) is 6.42 Å². The lowest BCUT2D eigenvalue weighted by Gasteiger charge is -2.18. The monoisotopic (exact) mass is 169 g/mol. The molecule has 68 valence electrons. The highest BCUT2D eigenvalue weighted by atomic mass is 16.3. The number of amides is 1. The van der Waals surface area contributed by atoms with E-state index in [1.54, 1.807) is 11.0 Å². The molecule has 0 radical (unpaired) electrons. The van der Waals surface area contributed by atoms with Crippen molar-refractivity contribution in [1.29, 1.82) is 0 Å². The second kappa shape index (κ2) is 4.26. The normalized spacial score (nSPS) is 19.2. The van der Waals surface area contributed by atoms with Gasteiger partial charge in [-0.15, -0.1) is 6.58 Å². The molecule has 3 nitrogen and oxygen atoms in total. The lowest BCUT2D eigenvalue weighted by atomic mass is 10.2. The van der Waals surface area contributed by atoms with E-state index in [9.17, 15) is 9.90 Å². The van der Waals surface area contributed by atoms with Gasteiger partial charge < -0.3 is 10.0 Å². The molecule has 0 aliphatic carbocycles. The van der Waals surface area contributed by atoms with E-state index in [2.05, 4.69) is 6.58 Å². The van der Waals surface area contributed by atoms with E-state index in [0.717, 1.165) is 25.9 Å². The van der Waals surface area contributed by atoms with Crippen LogP contribution in [0.4, 0.5) is 0 Å². The Morgan fingerprint density at radius 3 is 2.67 bits per heavy atom. The highest BCUT2D eigenvalue weighted by Crippen LogP contribution is 2.10. The quantitative estimate of drug-likeness (QED) is 0.627. The maximum atomic E-state index is 11.4. The molecular weight excluding hydrogens is 154 g/mol. The summed E-state index contributed by atoms with van der Waals surface area (Å²) in [4.78, 5) is 13.1. The number of nitrogens with zero attached hydrogens (tertiary/aromatic N) is 1. The predicted octanol–water partition coefficient (Wildman–Crippen LogP) is 0.546. The number of carbonyl (C=O) groups excluding carboxylic acids is 1. The first-order valence-electron chi connectivity index (χ1n) is 4.33. The number of carbonyl (C=O) groups is 1. The molecule has 0 unspecified atom stereocenters. The van der Waals surface area contributed by atoms with Gasteiger partial charge in [0, 0.05) is 19.5 Å². The third-order valence-corrected chi connectivity index (χ3v) is 2.09. The molecule has 12 heavy (non-hydrogen) atoms. The molecule has 1 aliphatic heterocycles. The first-order chi connectivity index (χ1) is 5.75. The molecule has 3 heteroatoms. The number of hydrogen-bond donors (Lipinski definition) is 1. The summed E-state index contributed by atoms with van der Waals surface area (Å²) in [6, 6.07) is 0. The minimum absolute atomic E-state index is 0.146. The summed E-state index contributed by atoms with van der Waals surface area (Å²) in [5, 5.41) is 9.32. The molecule has 1 aliphatic rings. The second-order valence-electron chi connectivity index (χ2n) is 3.07. The van der Waals surface area contributed by atoms with Gasteiger partial charge in [0.1, 0.15) is 6.10 Å². The first kappa shape index (κ1) is 9.26. The molecule has 0 bridgehead atoms. The Kier molecular flexibility index (Phi) is 3.29. The second-order valence-corrected chi connectivity index (χ2v) is 3.07. The van der Waals surface area contributed by atoms with Crippen molar-refractivity contribution in [3.8, 4) is 0 Å². The predicted molar refractivity (Wildman–Crippen MR) is 46.6 cm³/mol. The van der Waals surface area contributed by atoms with Crippen molar-refractivity contribution in [2.24, 2.45) is 0 Å². The number of aliphatic hydroxyl groups is 1. The van der Waals surface area contributed by atoms with Crippen LogP contribution in [0.15, 0.2) is 12.7 Å². The Balaban J connectivity index is 2.39. The topological polar surface area (TPSA) is 40.5 Å². The van der Waals surface area contributed by atoms with Crippen LogP contribution in [0.3, 0.4) is 0 Å². The van der Waals surface area contributed by atoms with Crippen LogP contribution in [0.1, 0.15) is 19.3 Å². The standard InChI is InChI=1S/C9H15NO2/c1-2-5-8(11)9(12)10-6-3-4-7-10/h2,8,11H,1,3-7H2/t8-/m1/s1. The molecule has 0 aromatic heterocycles. The number of hydrogen-bond acceptors (Lipinski definition) is 2. The van der Waals surface area contributed by atoms with E-state index in [1.807, 2.05) is 0 Å². The lowest BCUT2D eigenvalue weighted by Crippen LogP contribution is -2.36. The zero-order valence-corrected chi connectivity index (χ0v) is 7.20. The summed E-state index contributed by atoms with van der Waals surface area (Å²) in [7, 11) is 0. The highest BCUT2D eigenvalue weighted by Gasteiger charge is 2.23. The van der Waals surface area contributed by atoms with E-state index in [1.165, 1.54) is 0 Å². The van der Waals surface area contributed by atoms with Crippen molar-refractivity contribution in [3.05, 3.63) is 12.7 Å². The summed E-state index contributed by atoms with van der Waals surface area (Å²) < 4.78 is 0. The Hall–Kier alpha value is -0.830. The summed E-state index contributed by atoms with van der Waals surface area (Å²) in [6.07, 6.45) is 3.17. The number of likely N-dealkylation sites (tertiary alicyclic amines) is 1. The minimum Gasteiger partial charge on any atom is -0.383 e. The molecule has 1 saturated heterocycles. The smallest absolute Gasteiger partial charge is 0.251 e. The third kappa shape index (κ3) is 2.08. The van der Waals surface area contributed by atoms with Crippen molar-refractivity contribution in [1.82, 2.24) is 4.90 Å². The molecule has 1 amide bonds. The molecule has 1 rings (SSSR count). The molecule has 1 heterocycles. The van der Waals surface area contributed by atoms with Crippen LogP contribution in [0.25, 0.3) is 0 Å². The average Bonchev–Trinajstić information content (AvgIpc) is 2.55. The van der Waals surface area contributed by atoms with Gasteiger partial charge >= 0.3 is 0 Å². The van der Waals surface area contributed by atoms with Gasteiger partial charge in [0.15, 0.2) is 0 Å². The molecule has 1 N–H and O–H groups in total. The summed E-state index contributed by atoms with van der Waals surface area (Å²) >= 11 is 0. The summed E-state index contributed by atoms with van der Waals surface area (Å²) in [5.41, 5.74) is 0. The Labute approximate surface area is 72.7 Å². The molecular formula is C9H15NO2. The lowest BCUT2D eigenvalue weighted by molar-refractivity contribution is -0.138. The van der Waals surface area contributed by atoms with Gasteiger partial charge in [-0.1, -0.05) is 6.08 Å². The number of rotatable bonds is 3. The maximum Gasteiger partial charge on any atom is 0.251 e. The van der Waals surface area contributed by atoms with E-state index in [4.69, 9.17) is 0 Å². The molecule has 0 saturated carbocycles. The van der Waals surface area contributed by atoms with Gasteiger partial charge in [0.05, 0.1) is 0 Å². The molecule has 0 aromatic rings. The van der Waals surface area contributed by atoms with Crippen LogP contribution in [0.5, 0.6) is 0 Å². The van der Waals surface area contributed by atoms with Gasteiger partial charge in [-0.25, -0.2) is 0 Å². The molecule has 1 atom stereocenters. The van der Waals surface area contributed by atoms with E-state index >= 15 is 0 Å². The fourth-order valence-electron chi connectivity index (χ4n) is 1.41. The molecule has 0 aromatic carbocycles. The average molecular weight is 169 g/mol. The van der Waals surface area contributed by atoms with Gasteiger partial charge in [0.2, 0.25) is 0 Å². The van der Waals surface area contributed by atoms with Crippen molar-refractivity contribution in [2.45, 2.75) is 25.4 Å². The summed E-state index contributed by atoms with van der Waals surface area (Å²) in [6.45, 7) is 5.08. The fourth-order valence-corrected chi connectivity index (χ4v) is 1.41. The third-order valence-electron chi connectivity index (χ3n) is 2.09. The first-order valence-corrected chi connectivity index (χ1v) is 4.33. The van der Waals surface area contributed by atoms with Gasteiger partial charge in [-0.2, -0.15) is 0 Å². The van der Waals surface area contributed by atoms with Crippen LogP contribution >= 0.6 is 0 Å². The maximum absolute atomic E-state index is 11.4. The van der Waals surface area contributed by atoms with Crippen molar-refractivity contribution in [3.63, 3.8) is 0 Å². The Morgan fingerprint density at radius 1 is 1.58 bits per heavy atom. The van der Waals surface area contributed by atoms with Crippen LogP contribution in [-0.2, 0) is 4.79 Å². The van der Waals surface area contributed by atoms with Crippen molar-refractivity contribution < 1.29 is 9.90 Å². The van der Waals surface area contributed by atoms with Gasteiger partial charge in [-0.05, 0) is 12.8 Å². The largest absolute Gasteiger partial charge is 0.383 e. The van der Waals surface area contributed by atoms with Crippen molar-refractivity contribution in [2.75, 3.05) is 13.1 Å². The van der Waals surface area contributed by atoms with Crippen LogP contribution in [0.2, 0.25) is 0 Å². The zero-order valence-electron chi connectivity index (χ0n) is 7.20. The minimum atomic E-state index is -0.874. The summed E-state index contributed by atoms with van der Waals surface area (Å²) in [5.74, 6) is -0.146. The van der Waals surface area contributed by atoms with E-state index in [-0.39, 0.29) is 5.91 Å². The van der Waals surface area contributed by atoms with Crippen LogP contribution in [0, 0.1) is 0 Å². The van der Waals surface area contributed by atoms with E-state index < -0.39 is 6.10 Å². The van der Waals surface area contributed by atoms with Gasteiger partial charge in [-0.3, -0.25) is 4.79 Å². The Morgan fingerprint density at radius 2 is 2.17 bits per heavy atom.